The lowest BCUT2D eigenvalue weighted by atomic mass is 9.71. The average Bonchev–Trinajstić information content (AvgIpc) is 2.46. The lowest BCUT2D eigenvalue weighted by Crippen LogP contribution is -2.61. The number of rotatable bonds is 10. The van der Waals surface area contributed by atoms with Crippen LogP contribution in [-0.4, -0.2) is 46.8 Å². The van der Waals surface area contributed by atoms with Gasteiger partial charge in [-0.2, -0.15) is 5.06 Å². The van der Waals surface area contributed by atoms with E-state index in [2.05, 4.69) is 10.6 Å². The number of hydrogen-bond donors (Lipinski definition) is 3. The van der Waals surface area contributed by atoms with Crippen molar-refractivity contribution in [3.8, 4) is 0 Å². The Hall–Kier alpha value is -1.14. The van der Waals surface area contributed by atoms with Gasteiger partial charge in [-0.05, 0) is 59.3 Å². The van der Waals surface area contributed by atoms with E-state index in [-0.39, 0.29) is 17.1 Å². The van der Waals surface area contributed by atoms with Gasteiger partial charge >= 0.3 is 0 Å². The third kappa shape index (κ3) is 5.77. The van der Waals surface area contributed by atoms with Crippen molar-refractivity contribution in [2.75, 3.05) is 6.54 Å². The van der Waals surface area contributed by atoms with Crippen LogP contribution in [0.1, 0.15) is 66.2 Å². The summed E-state index contributed by atoms with van der Waals surface area (Å²) >= 11 is 0. The molecule has 1 fully saturated rings. The molecular formula is C17H33N3O3. The highest BCUT2D eigenvalue weighted by Gasteiger charge is 2.46. The Morgan fingerprint density at radius 2 is 1.70 bits per heavy atom. The number of unbranched alkanes of at least 4 members (excludes halogenated alkanes) is 2. The van der Waals surface area contributed by atoms with E-state index < -0.39 is 0 Å². The maximum atomic E-state index is 11.0. The summed E-state index contributed by atoms with van der Waals surface area (Å²) in [7, 11) is 0. The monoisotopic (exact) mass is 327 g/mol. The van der Waals surface area contributed by atoms with E-state index in [0.29, 0.717) is 12.5 Å². The quantitative estimate of drug-likeness (QED) is 0.424. The first-order valence-electron chi connectivity index (χ1n) is 8.60. The minimum Gasteiger partial charge on any atom is -0.359 e. The zero-order chi connectivity index (χ0) is 17.5. The first-order valence-corrected chi connectivity index (χ1v) is 8.60. The van der Waals surface area contributed by atoms with E-state index in [1.165, 1.54) is 5.06 Å². The Morgan fingerprint density at radius 1 is 1.09 bits per heavy atom. The fraction of sp³-hybridized carbons (Fsp3) is 0.882. The summed E-state index contributed by atoms with van der Waals surface area (Å²) in [6.07, 6.45) is 7.17. The third-order valence-corrected chi connectivity index (χ3v) is 4.94. The molecule has 2 amide bonds. The van der Waals surface area contributed by atoms with Gasteiger partial charge in [0.15, 0.2) is 0 Å². The Labute approximate surface area is 140 Å². The molecule has 1 heterocycles. The average molecular weight is 327 g/mol. The van der Waals surface area contributed by atoms with E-state index in [9.17, 15) is 14.8 Å². The molecule has 0 radical (unpaired) electrons. The number of piperidine rings is 1. The van der Waals surface area contributed by atoms with Gasteiger partial charge in [0, 0.05) is 23.7 Å². The molecule has 134 valence electrons. The van der Waals surface area contributed by atoms with Crippen molar-refractivity contribution >= 4 is 12.8 Å². The van der Waals surface area contributed by atoms with Crippen LogP contribution in [0.2, 0.25) is 0 Å². The van der Waals surface area contributed by atoms with Gasteiger partial charge in [-0.15, -0.1) is 0 Å². The molecule has 0 aromatic heterocycles. The second-order valence-corrected chi connectivity index (χ2v) is 7.92. The van der Waals surface area contributed by atoms with E-state index in [4.69, 9.17) is 0 Å². The van der Waals surface area contributed by atoms with Crippen LogP contribution in [0.4, 0.5) is 0 Å². The number of hydrogen-bond acceptors (Lipinski definition) is 4. The van der Waals surface area contributed by atoms with Gasteiger partial charge in [0.05, 0.1) is 0 Å². The maximum absolute atomic E-state index is 11.0. The SMILES string of the molecule is CC1(C)CC(C(CCCCCNC=O)NC=O)CC(C)(C)N1O. The van der Waals surface area contributed by atoms with Gasteiger partial charge in [-0.1, -0.05) is 12.8 Å². The van der Waals surface area contributed by atoms with Crippen LogP contribution in [0, 0.1) is 5.92 Å². The Kier molecular flexibility index (Phi) is 7.48. The van der Waals surface area contributed by atoms with Gasteiger partial charge in [0.2, 0.25) is 12.8 Å². The van der Waals surface area contributed by atoms with Crippen molar-refractivity contribution in [2.45, 2.75) is 83.3 Å². The van der Waals surface area contributed by atoms with Crippen molar-refractivity contribution in [1.82, 2.24) is 15.7 Å². The standard InChI is InChI=1S/C17H33N3O3/c1-16(2)10-14(11-17(3,4)20(16)23)15(19-13-22)8-6-5-7-9-18-12-21/h12-15,23H,5-11H2,1-4H3,(H,18,21)(H,19,22). The number of nitrogens with zero attached hydrogens (tertiary/aromatic N) is 1. The van der Waals surface area contributed by atoms with Crippen LogP contribution in [0.5, 0.6) is 0 Å². The minimum absolute atomic E-state index is 0.138. The van der Waals surface area contributed by atoms with Crippen LogP contribution >= 0.6 is 0 Å². The molecule has 1 aliphatic rings. The maximum Gasteiger partial charge on any atom is 0.207 e. The molecule has 6 nitrogen and oxygen atoms in total. The number of hydroxylamine groups is 2. The molecule has 6 heteroatoms. The number of carbonyl (C=O) groups excluding carboxylic acids is 2. The first kappa shape index (κ1) is 19.9. The summed E-state index contributed by atoms with van der Waals surface area (Å²) in [5.74, 6) is 0.349. The van der Waals surface area contributed by atoms with Crippen molar-refractivity contribution in [1.29, 1.82) is 0 Å². The summed E-state index contributed by atoms with van der Waals surface area (Å²) in [4.78, 5) is 21.2. The molecule has 0 aromatic carbocycles. The van der Waals surface area contributed by atoms with E-state index in [0.717, 1.165) is 51.3 Å². The fourth-order valence-corrected chi connectivity index (χ4v) is 4.00. The molecular weight excluding hydrogens is 294 g/mol. The molecule has 23 heavy (non-hydrogen) atoms. The molecule has 0 aliphatic carbocycles. The molecule has 0 spiro atoms. The summed E-state index contributed by atoms with van der Waals surface area (Å²) < 4.78 is 0. The van der Waals surface area contributed by atoms with Crippen LogP contribution in [0.3, 0.4) is 0 Å². The van der Waals surface area contributed by atoms with E-state index >= 15 is 0 Å². The van der Waals surface area contributed by atoms with Gasteiger partial charge in [0.1, 0.15) is 0 Å². The predicted octanol–water partition coefficient (Wildman–Crippen LogP) is 2.07. The summed E-state index contributed by atoms with van der Waals surface area (Å²) in [5.41, 5.74) is -0.605. The fourth-order valence-electron chi connectivity index (χ4n) is 4.00. The highest BCUT2D eigenvalue weighted by atomic mass is 16.5. The van der Waals surface area contributed by atoms with E-state index in [1.807, 2.05) is 27.7 Å². The Bertz CT molecular complexity index is 367. The number of nitrogens with one attached hydrogen (secondary N) is 2. The molecule has 0 bridgehead atoms. The van der Waals surface area contributed by atoms with Gasteiger partial charge in [-0.25, -0.2) is 0 Å². The minimum atomic E-state index is -0.302. The molecule has 1 saturated heterocycles. The number of carbonyl (C=O) groups is 2. The zero-order valence-corrected chi connectivity index (χ0v) is 15.0. The van der Waals surface area contributed by atoms with Crippen LogP contribution in [-0.2, 0) is 9.59 Å². The number of amides is 2. The third-order valence-electron chi connectivity index (χ3n) is 4.94. The highest BCUT2D eigenvalue weighted by Crippen LogP contribution is 2.41. The zero-order valence-electron chi connectivity index (χ0n) is 15.0. The first-order chi connectivity index (χ1) is 10.7. The highest BCUT2D eigenvalue weighted by molar-refractivity contribution is 5.46. The van der Waals surface area contributed by atoms with Crippen molar-refractivity contribution in [2.24, 2.45) is 5.92 Å². The Morgan fingerprint density at radius 3 is 2.22 bits per heavy atom. The van der Waals surface area contributed by atoms with Crippen LogP contribution < -0.4 is 10.6 Å². The second-order valence-electron chi connectivity index (χ2n) is 7.92. The topological polar surface area (TPSA) is 81.7 Å². The van der Waals surface area contributed by atoms with Crippen LogP contribution in [0.25, 0.3) is 0 Å². The van der Waals surface area contributed by atoms with Crippen LogP contribution in [0.15, 0.2) is 0 Å². The molecule has 1 rings (SSSR count). The lowest BCUT2D eigenvalue weighted by Gasteiger charge is -2.53. The molecule has 0 saturated carbocycles. The molecule has 0 aromatic rings. The van der Waals surface area contributed by atoms with Gasteiger partial charge < -0.3 is 15.8 Å². The lowest BCUT2D eigenvalue weighted by molar-refractivity contribution is -0.252. The summed E-state index contributed by atoms with van der Waals surface area (Å²) in [6, 6.07) is 0.138. The molecule has 3 N–H and O–H groups in total. The largest absolute Gasteiger partial charge is 0.359 e. The van der Waals surface area contributed by atoms with Gasteiger partial charge in [0.25, 0.3) is 0 Å². The predicted molar refractivity (Wildman–Crippen MR) is 90.0 cm³/mol. The molecule has 1 aliphatic heterocycles. The molecule has 1 unspecified atom stereocenters. The van der Waals surface area contributed by atoms with E-state index in [1.54, 1.807) is 0 Å². The van der Waals surface area contributed by atoms with Crippen molar-refractivity contribution in [3.63, 3.8) is 0 Å². The summed E-state index contributed by atoms with van der Waals surface area (Å²) in [5, 5.41) is 17.5. The van der Waals surface area contributed by atoms with Crippen molar-refractivity contribution in [3.05, 3.63) is 0 Å². The molecule has 1 atom stereocenters. The summed E-state index contributed by atoms with van der Waals surface area (Å²) in [6.45, 7) is 8.89. The second kappa shape index (κ2) is 8.64. The van der Waals surface area contributed by atoms with Crippen molar-refractivity contribution < 1.29 is 14.8 Å². The van der Waals surface area contributed by atoms with Gasteiger partial charge in [-0.3, -0.25) is 9.59 Å². The Balaban J connectivity index is 2.58. The normalized spacial score (nSPS) is 22.3. The smallest absolute Gasteiger partial charge is 0.207 e.